The van der Waals surface area contributed by atoms with Crippen molar-refractivity contribution >= 4 is 0 Å². The van der Waals surface area contributed by atoms with E-state index in [4.69, 9.17) is 4.74 Å². The normalized spacial score (nSPS) is 20.8. The summed E-state index contributed by atoms with van der Waals surface area (Å²) in [4.78, 5) is 0. The molecule has 106 valence electrons. The highest BCUT2D eigenvalue weighted by molar-refractivity contribution is 5.28. The molecule has 0 aliphatic carbocycles. The lowest BCUT2D eigenvalue weighted by Crippen LogP contribution is -2.34. The van der Waals surface area contributed by atoms with Crippen LogP contribution in [-0.2, 0) is 10.7 Å². The molecule has 1 heterocycles. The maximum Gasteiger partial charge on any atom is 0.273 e. The first kappa shape index (κ1) is 14.4. The van der Waals surface area contributed by atoms with E-state index in [0.29, 0.717) is 13.2 Å². The van der Waals surface area contributed by atoms with Gasteiger partial charge >= 0.3 is 0 Å². The van der Waals surface area contributed by atoms with Gasteiger partial charge in [0.1, 0.15) is 0 Å². The lowest BCUT2D eigenvalue weighted by molar-refractivity contribution is -0.0249. The van der Waals surface area contributed by atoms with E-state index in [1.165, 1.54) is 12.1 Å². The number of benzene rings is 1. The molecule has 0 bridgehead atoms. The van der Waals surface area contributed by atoms with Crippen LogP contribution in [0.15, 0.2) is 24.3 Å². The van der Waals surface area contributed by atoms with Crippen LogP contribution in [0, 0.1) is 5.92 Å². The van der Waals surface area contributed by atoms with Gasteiger partial charge in [-0.2, -0.15) is 0 Å². The minimum absolute atomic E-state index is 0.0249. The predicted molar refractivity (Wildman–Crippen MR) is 71.4 cm³/mol. The van der Waals surface area contributed by atoms with Gasteiger partial charge in [0.2, 0.25) is 0 Å². The summed E-state index contributed by atoms with van der Waals surface area (Å²) in [5.74, 6) is -2.77. The Morgan fingerprint density at radius 3 is 2.53 bits per heavy atom. The second-order valence-electron chi connectivity index (χ2n) is 5.51. The van der Waals surface area contributed by atoms with E-state index in [1.54, 1.807) is 12.1 Å². The molecule has 1 atom stereocenters. The van der Waals surface area contributed by atoms with Crippen LogP contribution in [0.25, 0.3) is 0 Å². The van der Waals surface area contributed by atoms with E-state index in [0.717, 1.165) is 12.1 Å². The van der Waals surface area contributed by atoms with Crippen LogP contribution in [0.1, 0.15) is 37.4 Å². The van der Waals surface area contributed by atoms with Crippen molar-refractivity contribution in [1.82, 2.24) is 5.32 Å². The Hall–Kier alpha value is -1.00. The van der Waals surface area contributed by atoms with Crippen molar-refractivity contribution in [2.75, 3.05) is 19.8 Å². The third-order valence-electron chi connectivity index (χ3n) is 3.32. The first-order valence-electron chi connectivity index (χ1n) is 6.78. The number of rotatable bonds is 4. The Balaban J connectivity index is 2.09. The van der Waals surface area contributed by atoms with Crippen molar-refractivity contribution < 1.29 is 13.5 Å². The second-order valence-corrected chi connectivity index (χ2v) is 5.51. The summed E-state index contributed by atoms with van der Waals surface area (Å²) in [5, 5.41) is 3.31. The maximum atomic E-state index is 13.9. The number of nitrogens with one attached hydrogen (secondary N) is 1. The van der Waals surface area contributed by atoms with E-state index < -0.39 is 5.92 Å². The molecule has 1 N–H and O–H groups in total. The molecule has 0 aromatic heterocycles. The van der Waals surface area contributed by atoms with Gasteiger partial charge in [0.15, 0.2) is 0 Å². The Kier molecular flexibility index (Phi) is 4.53. The zero-order valence-electron chi connectivity index (χ0n) is 11.5. The molecule has 2 rings (SSSR count). The smallest absolute Gasteiger partial charge is 0.273 e. The molecule has 1 aromatic rings. The first-order chi connectivity index (χ1) is 8.99. The van der Waals surface area contributed by atoms with Crippen molar-refractivity contribution in [3.05, 3.63) is 35.4 Å². The highest BCUT2D eigenvalue weighted by atomic mass is 19.3. The standard InChI is InChI=1S/C15H21F2NO/c1-11(2)9-15(16,17)13-5-3-12(4-6-13)14-10-19-8-7-18-14/h3-6,11,14,18H,7-10H2,1-2H3. The quantitative estimate of drug-likeness (QED) is 0.903. The Morgan fingerprint density at radius 2 is 2.00 bits per heavy atom. The molecule has 1 aliphatic heterocycles. The van der Waals surface area contributed by atoms with Gasteiger partial charge in [0.25, 0.3) is 5.92 Å². The highest BCUT2D eigenvalue weighted by Gasteiger charge is 2.32. The van der Waals surface area contributed by atoms with Gasteiger partial charge in [-0.05, 0) is 11.5 Å². The number of halogens is 2. The molecule has 1 fully saturated rings. The lowest BCUT2D eigenvalue weighted by atomic mass is 9.96. The number of alkyl halides is 2. The predicted octanol–water partition coefficient (Wildman–Crippen LogP) is 3.49. The Labute approximate surface area is 113 Å². The third-order valence-corrected chi connectivity index (χ3v) is 3.32. The molecule has 0 spiro atoms. The molecule has 1 aromatic carbocycles. The lowest BCUT2D eigenvalue weighted by Gasteiger charge is -2.25. The van der Waals surface area contributed by atoms with E-state index in [-0.39, 0.29) is 23.9 Å². The summed E-state index contributed by atoms with van der Waals surface area (Å²) >= 11 is 0. The average molecular weight is 269 g/mol. The number of morpholine rings is 1. The second kappa shape index (κ2) is 5.97. The van der Waals surface area contributed by atoms with Gasteiger partial charge in [-0.15, -0.1) is 0 Å². The highest BCUT2D eigenvalue weighted by Crippen LogP contribution is 2.35. The van der Waals surface area contributed by atoms with E-state index in [1.807, 2.05) is 13.8 Å². The summed E-state index contributed by atoms with van der Waals surface area (Å²) in [6.07, 6.45) is -0.114. The van der Waals surface area contributed by atoms with Crippen LogP contribution in [0.3, 0.4) is 0 Å². The summed E-state index contributed by atoms with van der Waals surface area (Å²) in [7, 11) is 0. The minimum Gasteiger partial charge on any atom is -0.378 e. The SMILES string of the molecule is CC(C)CC(F)(F)c1ccc(C2COCCN2)cc1. The Bertz CT molecular complexity index is 397. The fourth-order valence-corrected chi connectivity index (χ4v) is 2.37. The minimum atomic E-state index is -2.75. The summed E-state index contributed by atoms with van der Waals surface area (Å²) < 4.78 is 33.3. The molecule has 1 unspecified atom stereocenters. The van der Waals surface area contributed by atoms with Crippen LogP contribution >= 0.6 is 0 Å². The van der Waals surface area contributed by atoms with Crippen LogP contribution in [0.5, 0.6) is 0 Å². The number of hydrogen-bond acceptors (Lipinski definition) is 2. The summed E-state index contributed by atoms with van der Waals surface area (Å²) in [6.45, 7) is 5.73. The zero-order valence-corrected chi connectivity index (χ0v) is 11.5. The molecular weight excluding hydrogens is 248 g/mol. The van der Waals surface area contributed by atoms with Crippen molar-refractivity contribution in [2.24, 2.45) is 5.92 Å². The van der Waals surface area contributed by atoms with Crippen molar-refractivity contribution in [1.29, 1.82) is 0 Å². The van der Waals surface area contributed by atoms with Crippen molar-refractivity contribution in [3.63, 3.8) is 0 Å². The zero-order chi connectivity index (χ0) is 13.9. The molecule has 19 heavy (non-hydrogen) atoms. The molecular formula is C15H21F2NO. The molecule has 1 aliphatic rings. The maximum absolute atomic E-state index is 13.9. The van der Waals surface area contributed by atoms with Gasteiger partial charge in [-0.3, -0.25) is 0 Å². The monoisotopic (exact) mass is 269 g/mol. The van der Waals surface area contributed by atoms with Crippen LogP contribution in [0.2, 0.25) is 0 Å². The molecule has 1 saturated heterocycles. The molecule has 0 saturated carbocycles. The number of ether oxygens (including phenoxy) is 1. The van der Waals surface area contributed by atoms with Gasteiger partial charge < -0.3 is 10.1 Å². The average Bonchev–Trinajstić information content (AvgIpc) is 2.38. The molecule has 0 amide bonds. The van der Waals surface area contributed by atoms with Crippen LogP contribution in [0.4, 0.5) is 8.78 Å². The molecule has 0 radical (unpaired) electrons. The van der Waals surface area contributed by atoms with Crippen LogP contribution in [-0.4, -0.2) is 19.8 Å². The van der Waals surface area contributed by atoms with Gasteiger partial charge in [0.05, 0.1) is 19.3 Å². The van der Waals surface area contributed by atoms with Crippen LogP contribution < -0.4 is 5.32 Å². The van der Waals surface area contributed by atoms with E-state index in [9.17, 15) is 8.78 Å². The third kappa shape index (κ3) is 3.74. The fourth-order valence-electron chi connectivity index (χ4n) is 2.37. The van der Waals surface area contributed by atoms with E-state index >= 15 is 0 Å². The number of hydrogen-bond donors (Lipinski definition) is 1. The molecule has 2 nitrogen and oxygen atoms in total. The molecule has 4 heteroatoms. The van der Waals surface area contributed by atoms with Gasteiger partial charge in [0, 0.05) is 18.5 Å². The largest absolute Gasteiger partial charge is 0.378 e. The summed E-state index contributed by atoms with van der Waals surface area (Å²) in [6, 6.07) is 6.73. The van der Waals surface area contributed by atoms with Crippen molar-refractivity contribution in [2.45, 2.75) is 32.2 Å². The fraction of sp³-hybridized carbons (Fsp3) is 0.600. The van der Waals surface area contributed by atoms with E-state index in [2.05, 4.69) is 5.32 Å². The summed E-state index contributed by atoms with van der Waals surface area (Å²) in [5.41, 5.74) is 1.10. The Morgan fingerprint density at radius 1 is 1.32 bits per heavy atom. The van der Waals surface area contributed by atoms with Gasteiger partial charge in [-0.25, -0.2) is 8.78 Å². The van der Waals surface area contributed by atoms with Gasteiger partial charge in [-0.1, -0.05) is 38.1 Å². The first-order valence-corrected chi connectivity index (χ1v) is 6.78. The van der Waals surface area contributed by atoms with Crippen molar-refractivity contribution in [3.8, 4) is 0 Å². The topological polar surface area (TPSA) is 21.3 Å².